The summed E-state index contributed by atoms with van der Waals surface area (Å²) in [5, 5.41) is 6.45. The molecule has 0 spiro atoms. The van der Waals surface area contributed by atoms with Gasteiger partial charge in [-0.3, -0.25) is 4.79 Å². The predicted molar refractivity (Wildman–Crippen MR) is 131 cm³/mol. The zero-order valence-electron chi connectivity index (χ0n) is 20.2. The number of benzene rings is 1. The van der Waals surface area contributed by atoms with E-state index in [0.717, 1.165) is 10.4 Å². The maximum Gasteiger partial charge on any atom is 0.341 e. The normalized spacial score (nSPS) is 16.8. The maximum atomic E-state index is 12.8. The van der Waals surface area contributed by atoms with E-state index in [9.17, 15) is 18.0 Å². The molecule has 0 fully saturated rings. The molecule has 1 aromatic heterocycles. The number of sulfone groups is 1. The van der Waals surface area contributed by atoms with Crippen LogP contribution in [0.4, 0.5) is 5.00 Å². The lowest BCUT2D eigenvalue weighted by atomic mass is 9.81. The van der Waals surface area contributed by atoms with Crippen LogP contribution in [0.25, 0.3) is 0 Å². The molecule has 0 atom stereocenters. The highest BCUT2D eigenvalue weighted by Gasteiger charge is 2.42. The number of hydrogen-bond acceptors (Lipinski definition) is 7. The molecule has 2 aromatic rings. The highest BCUT2D eigenvalue weighted by atomic mass is 32.2. The molecular formula is C24H32N2O5S2. The second-order valence-electron chi connectivity index (χ2n) is 9.88. The van der Waals surface area contributed by atoms with E-state index < -0.39 is 21.1 Å². The number of anilines is 1. The van der Waals surface area contributed by atoms with Gasteiger partial charge in [0.2, 0.25) is 5.91 Å². The fraction of sp³-hybridized carbons (Fsp3) is 0.500. The van der Waals surface area contributed by atoms with Crippen molar-refractivity contribution in [2.45, 2.75) is 75.6 Å². The summed E-state index contributed by atoms with van der Waals surface area (Å²) in [5.41, 5.74) is 1.40. The summed E-state index contributed by atoms with van der Waals surface area (Å²) in [4.78, 5) is 26.8. The highest BCUT2D eigenvalue weighted by Crippen LogP contribution is 2.45. The first-order chi connectivity index (χ1) is 15.2. The number of ether oxygens (including phenoxy) is 1. The van der Waals surface area contributed by atoms with Crippen molar-refractivity contribution in [2.75, 3.05) is 12.4 Å². The van der Waals surface area contributed by atoms with Crippen molar-refractivity contribution in [3.8, 4) is 0 Å². The number of rotatable bonds is 6. The largest absolute Gasteiger partial charge is 0.465 e. The Morgan fingerprint density at radius 1 is 1.15 bits per heavy atom. The van der Waals surface area contributed by atoms with Gasteiger partial charge in [0, 0.05) is 16.0 Å². The van der Waals surface area contributed by atoms with Gasteiger partial charge in [-0.15, -0.1) is 11.3 Å². The second-order valence-corrected chi connectivity index (χ2v) is 13.4. The van der Waals surface area contributed by atoms with E-state index >= 15 is 0 Å². The van der Waals surface area contributed by atoms with Crippen LogP contribution in [0.3, 0.4) is 0 Å². The van der Waals surface area contributed by atoms with Gasteiger partial charge in [-0.1, -0.05) is 12.1 Å². The van der Waals surface area contributed by atoms with Gasteiger partial charge in [0.25, 0.3) is 0 Å². The van der Waals surface area contributed by atoms with Crippen LogP contribution < -0.4 is 10.6 Å². The molecule has 0 unspecified atom stereocenters. The smallest absolute Gasteiger partial charge is 0.341 e. The van der Waals surface area contributed by atoms with Crippen molar-refractivity contribution in [1.82, 2.24) is 5.32 Å². The van der Waals surface area contributed by atoms with Crippen LogP contribution in [0.1, 0.15) is 67.9 Å². The molecule has 1 aliphatic rings. The van der Waals surface area contributed by atoms with Crippen LogP contribution in [-0.4, -0.2) is 38.2 Å². The SMILES string of the molecule is COC(=O)c1c(NC(=O)Cc2ccc(S(=O)(=O)C(C)C)cc2)sc2c1CC(C)(C)NC2(C)C. The van der Waals surface area contributed by atoms with Crippen LogP contribution in [0.2, 0.25) is 0 Å². The van der Waals surface area contributed by atoms with Gasteiger partial charge in [0.15, 0.2) is 9.84 Å². The Labute approximate surface area is 199 Å². The van der Waals surface area contributed by atoms with Gasteiger partial charge in [0.1, 0.15) is 5.00 Å². The Morgan fingerprint density at radius 2 is 1.76 bits per heavy atom. The molecule has 9 heteroatoms. The summed E-state index contributed by atoms with van der Waals surface area (Å²) in [6.45, 7) is 11.5. The monoisotopic (exact) mass is 492 g/mol. The van der Waals surface area contributed by atoms with Crippen molar-refractivity contribution >= 4 is 38.1 Å². The Morgan fingerprint density at radius 3 is 2.30 bits per heavy atom. The fourth-order valence-corrected chi connectivity index (χ4v) is 6.70. The average Bonchev–Trinajstić information content (AvgIpc) is 3.04. The van der Waals surface area contributed by atoms with Crippen molar-refractivity contribution in [2.24, 2.45) is 0 Å². The molecule has 0 radical (unpaired) electrons. The van der Waals surface area contributed by atoms with E-state index in [1.807, 2.05) is 0 Å². The molecule has 0 bridgehead atoms. The van der Waals surface area contributed by atoms with Crippen LogP contribution in [-0.2, 0) is 37.7 Å². The fourth-order valence-electron chi connectivity index (χ4n) is 4.36. The van der Waals surface area contributed by atoms with E-state index in [1.165, 1.54) is 30.6 Å². The molecule has 0 aliphatic carbocycles. The summed E-state index contributed by atoms with van der Waals surface area (Å²) in [6, 6.07) is 6.34. The van der Waals surface area contributed by atoms with Crippen LogP contribution in [0, 0.1) is 0 Å². The number of carbonyl (C=O) groups excluding carboxylic acids is 2. The van der Waals surface area contributed by atoms with Gasteiger partial charge in [-0.25, -0.2) is 13.2 Å². The predicted octanol–water partition coefficient (Wildman–Crippen LogP) is 4.06. The summed E-state index contributed by atoms with van der Waals surface area (Å²) >= 11 is 1.39. The lowest BCUT2D eigenvalue weighted by Gasteiger charge is -2.42. The number of nitrogens with one attached hydrogen (secondary N) is 2. The minimum Gasteiger partial charge on any atom is -0.465 e. The third-order valence-electron chi connectivity index (χ3n) is 5.72. The van der Waals surface area contributed by atoms with Crippen molar-refractivity contribution < 1.29 is 22.7 Å². The molecule has 1 amide bonds. The Bertz CT molecular complexity index is 1180. The molecule has 0 saturated carbocycles. The Balaban J connectivity index is 1.87. The van der Waals surface area contributed by atoms with E-state index in [1.54, 1.807) is 26.0 Å². The summed E-state index contributed by atoms with van der Waals surface area (Å²) in [7, 11) is -2.03. The molecule has 7 nitrogen and oxygen atoms in total. The van der Waals surface area contributed by atoms with E-state index in [-0.39, 0.29) is 28.3 Å². The van der Waals surface area contributed by atoms with Crippen molar-refractivity contribution in [3.05, 3.63) is 45.8 Å². The molecule has 2 heterocycles. The van der Waals surface area contributed by atoms with Crippen LogP contribution >= 0.6 is 11.3 Å². The zero-order chi connectivity index (χ0) is 24.8. The minimum absolute atomic E-state index is 0.0539. The van der Waals surface area contributed by atoms with E-state index in [2.05, 4.69) is 38.3 Å². The first kappa shape index (κ1) is 25.4. The lowest BCUT2D eigenvalue weighted by molar-refractivity contribution is -0.115. The third kappa shape index (κ3) is 5.15. The van der Waals surface area contributed by atoms with Gasteiger partial charge in [0.05, 0.1) is 29.2 Å². The quantitative estimate of drug-likeness (QED) is 0.590. The van der Waals surface area contributed by atoms with Crippen molar-refractivity contribution in [1.29, 1.82) is 0 Å². The molecule has 3 rings (SSSR count). The molecule has 2 N–H and O–H groups in total. The average molecular weight is 493 g/mol. The summed E-state index contributed by atoms with van der Waals surface area (Å²) < 4.78 is 29.6. The number of methoxy groups -OCH3 is 1. The number of esters is 1. The topological polar surface area (TPSA) is 102 Å². The molecule has 0 saturated heterocycles. The molecule has 1 aliphatic heterocycles. The van der Waals surface area contributed by atoms with Crippen LogP contribution in [0.15, 0.2) is 29.2 Å². The molecule has 33 heavy (non-hydrogen) atoms. The molecule has 180 valence electrons. The second kappa shape index (κ2) is 8.85. The number of amides is 1. The minimum atomic E-state index is -3.37. The van der Waals surface area contributed by atoms with Crippen molar-refractivity contribution in [3.63, 3.8) is 0 Å². The van der Waals surface area contributed by atoms with Crippen LogP contribution in [0.5, 0.6) is 0 Å². The number of fused-ring (bicyclic) bond motifs is 1. The number of thiophene rings is 1. The zero-order valence-corrected chi connectivity index (χ0v) is 21.8. The molecular weight excluding hydrogens is 460 g/mol. The van der Waals surface area contributed by atoms with Gasteiger partial charge in [-0.2, -0.15) is 0 Å². The molecule has 1 aromatic carbocycles. The van der Waals surface area contributed by atoms with E-state index in [4.69, 9.17) is 4.74 Å². The lowest BCUT2D eigenvalue weighted by Crippen LogP contribution is -2.55. The highest BCUT2D eigenvalue weighted by molar-refractivity contribution is 7.92. The third-order valence-corrected chi connectivity index (χ3v) is 9.37. The Kier molecular flexibility index (Phi) is 6.81. The Hall–Kier alpha value is -2.23. The van der Waals surface area contributed by atoms with E-state index in [0.29, 0.717) is 22.5 Å². The maximum absolute atomic E-state index is 12.8. The number of carbonyl (C=O) groups is 2. The summed E-state index contributed by atoms with van der Waals surface area (Å²) in [5.74, 6) is -0.761. The van der Waals surface area contributed by atoms with Gasteiger partial charge in [-0.05, 0) is 71.2 Å². The standard InChI is InChI=1S/C24H32N2O5S2/c1-14(2)33(29,30)16-10-8-15(9-11-16)12-18(27)25-21-19(22(28)31-7)17-13-23(3,4)26-24(5,6)20(17)32-21/h8-11,14,26H,12-13H2,1-7H3,(H,25,27). The summed E-state index contributed by atoms with van der Waals surface area (Å²) in [6.07, 6.45) is 0.687. The van der Waals surface area contributed by atoms with Gasteiger partial charge >= 0.3 is 5.97 Å². The van der Waals surface area contributed by atoms with Gasteiger partial charge < -0.3 is 15.4 Å². The first-order valence-corrected chi connectivity index (χ1v) is 13.2. The number of hydrogen-bond donors (Lipinski definition) is 2. The first-order valence-electron chi connectivity index (χ1n) is 10.8.